The molecule has 0 fully saturated rings. The molecule has 0 aliphatic carbocycles. The minimum absolute atomic E-state index is 0.191. The van der Waals surface area contributed by atoms with Gasteiger partial charge in [-0.15, -0.1) is 0 Å². The first-order valence-electron chi connectivity index (χ1n) is 9.45. The number of hydrogen-bond acceptors (Lipinski definition) is 10. The predicted octanol–water partition coefficient (Wildman–Crippen LogP) is 3.94. The van der Waals surface area contributed by atoms with E-state index in [4.69, 9.17) is 23.2 Å². The van der Waals surface area contributed by atoms with E-state index in [9.17, 15) is 0 Å². The van der Waals surface area contributed by atoms with E-state index in [2.05, 4.69) is 51.2 Å². The van der Waals surface area contributed by atoms with Crippen LogP contribution in [0.3, 0.4) is 0 Å². The van der Waals surface area contributed by atoms with Gasteiger partial charge in [0.15, 0.2) is 0 Å². The summed E-state index contributed by atoms with van der Waals surface area (Å²) in [6.07, 6.45) is 0. The van der Waals surface area contributed by atoms with Crippen LogP contribution in [-0.2, 0) is 0 Å². The molecule has 0 bridgehead atoms. The van der Waals surface area contributed by atoms with Gasteiger partial charge in [-0.25, -0.2) is 0 Å². The third kappa shape index (κ3) is 10.8. The second-order valence-electron chi connectivity index (χ2n) is 6.93. The predicted molar refractivity (Wildman–Crippen MR) is 120 cm³/mol. The molecule has 0 atom stereocenters. The zero-order valence-electron chi connectivity index (χ0n) is 17.9. The van der Waals surface area contributed by atoms with Gasteiger partial charge in [0, 0.05) is 24.7 Å². The minimum Gasteiger partial charge on any atom is -0.354 e. The van der Waals surface area contributed by atoms with Crippen LogP contribution in [0.1, 0.15) is 48.5 Å². The largest absolute Gasteiger partial charge is 0.354 e. The average Bonchev–Trinajstić information content (AvgIpc) is 2.52. The summed E-state index contributed by atoms with van der Waals surface area (Å²) < 4.78 is 0. The summed E-state index contributed by atoms with van der Waals surface area (Å²) in [4.78, 5) is 24.1. The Labute approximate surface area is 182 Å². The van der Waals surface area contributed by atoms with Crippen LogP contribution in [0.25, 0.3) is 0 Å². The SMILES string of the molecule is CC(C)Nc1nc(Cl)nc(NC(C)C)n1.CCNc1nc(Cl)nc(NC(C)C)n1. The summed E-state index contributed by atoms with van der Waals surface area (Å²) in [7, 11) is 0. The Morgan fingerprint density at radius 3 is 1.21 bits per heavy atom. The summed E-state index contributed by atoms with van der Waals surface area (Å²) in [6.45, 7) is 14.8. The number of nitrogens with zero attached hydrogens (tertiary/aromatic N) is 6. The van der Waals surface area contributed by atoms with E-state index in [-0.39, 0.29) is 28.7 Å². The van der Waals surface area contributed by atoms with E-state index in [0.29, 0.717) is 23.8 Å². The third-order valence-corrected chi connectivity index (χ3v) is 3.14. The molecule has 162 valence electrons. The third-order valence-electron chi connectivity index (χ3n) is 2.80. The monoisotopic (exact) mass is 444 g/mol. The lowest BCUT2D eigenvalue weighted by Crippen LogP contribution is -2.17. The molecule has 12 heteroatoms. The maximum Gasteiger partial charge on any atom is 0.228 e. The molecule has 10 nitrogen and oxygen atoms in total. The molecule has 0 saturated carbocycles. The van der Waals surface area contributed by atoms with Gasteiger partial charge in [0.2, 0.25) is 34.4 Å². The highest BCUT2D eigenvalue weighted by atomic mass is 35.5. The van der Waals surface area contributed by atoms with Crippen LogP contribution >= 0.6 is 23.2 Å². The van der Waals surface area contributed by atoms with Crippen molar-refractivity contribution in [2.45, 2.75) is 66.6 Å². The first-order valence-corrected chi connectivity index (χ1v) is 10.2. The number of anilines is 4. The highest BCUT2D eigenvalue weighted by Crippen LogP contribution is 2.11. The van der Waals surface area contributed by atoms with Gasteiger partial charge < -0.3 is 21.3 Å². The minimum atomic E-state index is 0.191. The molecule has 0 amide bonds. The smallest absolute Gasteiger partial charge is 0.228 e. The van der Waals surface area contributed by atoms with E-state index in [1.807, 2.05) is 48.5 Å². The summed E-state index contributed by atoms with van der Waals surface area (Å²) in [5.41, 5.74) is 0. The molecule has 0 aliphatic heterocycles. The first kappa shape index (κ1) is 24.8. The topological polar surface area (TPSA) is 125 Å². The highest BCUT2D eigenvalue weighted by Gasteiger charge is 2.06. The maximum absolute atomic E-state index is 5.77. The van der Waals surface area contributed by atoms with Crippen LogP contribution in [0.5, 0.6) is 0 Å². The molecule has 0 radical (unpaired) electrons. The van der Waals surface area contributed by atoms with Crippen molar-refractivity contribution >= 4 is 47.0 Å². The quantitative estimate of drug-likeness (QED) is 0.475. The second-order valence-corrected chi connectivity index (χ2v) is 7.61. The summed E-state index contributed by atoms with van der Waals surface area (Å²) in [6, 6.07) is 0.786. The van der Waals surface area contributed by atoms with Gasteiger partial charge in [0.1, 0.15) is 0 Å². The molecular formula is C17H30Cl2N10. The van der Waals surface area contributed by atoms with Crippen LogP contribution in [0.15, 0.2) is 0 Å². The second kappa shape index (κ2) is 12.4. The van der Waals surface area contributed by atoms with Gasteiger partial charge in [-0.1, -0.05) is 0 Å². The Hall–Kier alpha value is -2.20. The van der Waals surface area contributed by atoms with Gasteiger partial charge in [-0.05, 0) is 71.7 Å². The zero-order chi connectivity index (χ0) is 22.0. The Morgan fingerprint density at radius 2 is 0.897 bits per heavy atom. The normalized spacial score (nSPS) is 10.6. The van der Waals surface area contributed by atoms with Crippen LogP contribution in [-0.4, -0.2) is 54.6 Å². The maximum atomic E-state index is 5.77. The van der Waals surface area contributed by atoms with E-state index < -0.39 is 0 Å². The zero-order valence-corrected chi connectivity index (χ0v) is 19.4. The Bertz CT molecular complexity index is 727. The lowest BCUT2D eigenvalue weighted by atomic mass is 10.4. The standard InChI is InChI=1S/C9H16ClN5.C8H14ClN5/c1-5(2)11-8-13-7(10)14-9(15-8)12-6(3)4;1-4-10-7-12-6(9)13-8(14-7)11-5(2)3/h5-6H,1-4H3,(H2,11,12,13,14,15);5H,4H2,1-3H3,(H2,10,11,12,13,14). The van der Waals surface area contributed by atoms with Gasteiger partial charge in [0.05, 0.1) is 0 Å². The highest BCUT2D eigenvalue weighted by molar-refractivity contribution is 6.28. The van der Waals surface area contributed by atoms with Crippen molar-refractivity contribution in [3.05, 3.63) is 10.6 Å². The van der Waals surface area contributed by atoms with Crippen LogP contribution < -0.4 is 21.3 Å². The number of nitrogens with one attached hydrogen (secondary N) is 4. The van der Waals surface area contributed by atoms with Gasteiger partial charge in [0.25, 0.3) is 0 Å². The molecule has 2 rings (SSSR count). The summed E-state index contributed by atoms with van der Waals surface area (Å²) in [5.74, 6) is 1.98. The number of halogens is 2. The van der Waals surface area contributed by atoms with E-state index in [0.717, 1.165) is 6.54 Å². The fraction of sp³-hybridized carbons (Fsp3) is 0.647. The molecule has 2 heterocycles. The van der Waals surface area contributed by atoms with E-state index in [1.165, 1.54) is 0 Å². The van der Waals surface area contributed by atoms with Gasteiger partial charge in [-0.2, -0.15) is 29.9 Å². The Balaban J connectivity index is 0.000000291. The lowest BCUT2D eigenvalue weighted by Gasteiger charge is -2.11. The molecule has 2 aromatic rings. The van der Waals surface area contributed by atoms with E-state index in [1.54, 1.807) is 0 Å². The van der Waals surface area contributed by atoms with Gasteiger partial charge in [-0.3, -0.25) is 0 Å². The van der Waals surface area contributed by atoms with Crippen LogP contribution in [0, 0.1) is 0 Å². The molecule has 0 unspecified atom stereocenters. The number of rotatable bonds is 8. The lowest BCUT2D eigenvalue weighted by molar-refractivity contribution is 0.845. The molecule has 0 aromatic carbocycles. The van der Waals surface area contributed by atoms with Crippen molar-refractivity contribution in [1.29, 1.82) is 0 Å². The molecular weight excluding hydrogens is 415 g/mol. The van der Waals surface area contributed by atoms with Crippen molar-refractivity contribution in [2.75, 3.05) is 27.8 Å². The van der Waals surface area contributed by atoms with Crippen molar-refractivity contribution in [1.82, 2.24) is 29.9 Å². The fourth-order valence-corrected chi connectivity index (χ4v) is 2.23. The van der Waals surface area contributed by atoms with E-state index >= 15 is 0 Å². The average molecular weight is 445 g/mol. The number of aromatic nitrogens is 6. The van der Waals surface area contributed by atoms with Crippen LogP contribution in [0.2, 0.25) is 10.6 Å². The van der Waals surface area contributed by atoms with Crippen molar-refractivity contribution < 1.29 is 0 Å². The molecule has 0 saturated heterocycles. The van der Waals surface area contributed by atoms with Crippen molar-refractivity contribution in [3.8, 4) is 0 Å². The van der Waals surface area contributed by atoms with Gasteiger partial charge >= 0.3 is 0 Å². The fourth-order valence-electron chi connectivity index (χ4n) is 1.91. The van der Waals surface area contributed by atoms with Crippen molar-refractivity contribution in [3.63, 3.8) is 0 Å². The summed E-state index contributed by atoms with van der Waals surface area (Å²) in [5, 5.41) is 12.6. The molecule has 0 spiro atoms. The number of hydrogen-bond donors (Lipinski definition) is 4. The summed E-state index contributed by atoms with van der Waals surface area (Å²) >= 11 is 11.5. The molecule has 29 heavy (non-hydrogen) atoms. The Kier molecular flexibility index (Phi) is 10.6. The first-order chi connectivity index (χ1) is 13.6. The molecule has 4 N–H and O–H groups in total. The van der Waals surface area contributed by atoms with Crippen LogP contribution in [0.4, 0.5) is 23.8 Å². The molecule has 2 aromatic heterocycles. The Morgan fingerprint density at radius 1 is 0.586 bits per heavy atom. The van der Waals surface area contributed by atoms with Crippen molar-refractivity contribution in [2.24, 2.45) is 0 Å². The molecule has 0 aliphatic rings.